The van der Waals surface area contributed by atoms with Crippen LogP contribution in [-0.2, 0) is 14.6 Å². The number of rotatable bonds is 4. The summed E-state index contributed by atoms with van der Waals surface area (Å²) < 4.78 is 46.5. The zero-order valence-electron chi connectivity index (χ0n) is 18.7. The minimum Gasteiger partial charge on any atom is -0.416 e. The third-order valence-corrected chi connectivity index (χ3v) is 10.8. The molecule has 0 fully saturated rings. The number of thioether (sulfide) groups is 1. The molecule has 12 heteroatoms. The molecule has 182 valence electrons. The van der Waals surface area contributed by atoms with E-state index in [1.165, 1.54) is 19.2 Å². The van der Waals surface area contributed by atoms with Crippen molar-refractivity contribution in [1.29, 1.82) is 0 Å². The molecule has 35 heavy (non-hydrogen) atoms. The number of amidine groups is 1. The predicted molar refractivity (Wildman–Crippen MR) is 134 cm³/mol. The summed E-state index contributed by atoms with van der Waals surface area (Å²) in [4.78, 5) is 9.18. The first-order valence-electron chi connectivity index (χ1n) is 10.7. The van der Waals surface area contributed by atoms with E-state index in [1.807, 2.05) is 0 Å². The SMILES string of the molecule is C[C@@]1(c2ccccn2)C(N)=N[C@](C)(C2SC(c3nnc(-c4ccc(Cl)cc4)o3)=CC2F)CS1(=O)=O. The van der Waals surface area contributed by atoms with E-state index in [-0.39, 0.29) is 23.3 Å². The Kier molecular flexibility index (Phi) is 5.77. The van der Waals surface area contributed by atoms with Crippen molar-refractivity contribution in [3.63, 3.8) is 0 Å². The summed E-state index contributed by atoms with van der Waals surface area (Å²) in [5.41, 5.74) is 5.89. The van der Waals surface area contributed by atoms with Gasteiger partial charge >= 0.3 is 0 Å². The van der Waals surface area contributed by atoms with Crippen LogP contribution in [-0.4, -0.2) is 52.1 Å². The van der Waals surface area contributed by atoms with Crippen LogP contribution >= 0.6 is 23.4 Å². The number of aliphatic imine (C=N–C) groups is 1. The highest BCUT2D eigenvalue weighted by molar-refractivity contribution is 8.09. The van der Waals surface area contributed by atoms with Gasteiger partial charge in [0.25, 0.3) is 5.89 Å². The smallest absolute Gasteiger partial charge is 0.254 e. The molecule has 2 unspecified atom stereocenters. The van der Waals surface area contributed by atoms with Crippen LogP contribution in [0.25, 0.3) is 16.4 Å². The standard InChI is InChI=1S/C23H21ClFN5O3S2/c1-22(12-35(31,32)23(2,21(26)28-22)17-5-3-4-10-27-17)18-15(25)11-16(34-18)20-30-29-19(33-20)13-6-8-14(24)9-7-13/h3-11,15,18H,12H2,1-2H3,(H2,26,28)/t15?,18?,22-,23+/m0/s1. The van der Waals surface area contributed by atoms with E-state index in [4.69, 9.17) is 21.8 Å². The van der Waals surface area contributed by atoms with Gasteiger partial charge in [0.2, 0.25) is 5.89 Å². The van der Waals surface area contributed by atoms with Gasteiger partial charge in [0, 0.05) is 16.8 Å². The average molecular weight is 534 g/mol. The number of nitrogens with two attached hydrogens (primary N) is 1. The van der Waals surface area contributed by atoms with Crippen molar-refractivity contribution in [2.75, 3.05) is 5.75 Å². The van der Waals surface area contributed by atoms with Crippen LogP contribution in [0.3, 0.4) is 0 Å². The molecular weight excluding hydrogens is 513 g/mol. The number of halogens is 2. The van der Waals surface area contributed by atoms with Crippen molar-refractivity contribution in [1.82, 2.24) is 15.2 Å². The molecule has 0 spiro atoms. The molecule has 0 amide bonds. The van der Waals surface area contributed by atoms with Crippen LogP contribution in [0.1, 0.15) is 25.4 Å². The van der Waals surface area contributed by atoms with Crippen LogP contribution in [0.15, 0.2) is 64.1 Å². The summed E-state index contributed by atoms with van der Waals surface area (Å²) in [5.74, 6) is -0.110. The maximum absolute atomic E-state index is 15.3. The largest absolute Gasteiger partial charge is 0.416 e. The summed E-state index contributed by atoms with van der Waals surface area (Å²) in [6.07, 6.45) is 1.35. The average Bonchev–Trinajstić information content (AvgIpc) is 3.45. The van der Waals surface area contributed by atoms with Crippen LogP contribution in [0.2, 0.25) is 5.02 Å². The van der Waals surface area contributed by atoms with Crippen LogP contribution in [0.5, 0.6) is 0 Å². The maximum atomic E-state index is 15.3. The summed E-state index contributed by atoms with van der Waals surface area (Å²) in [5, 5.41) is 7.80. The van der Waals surface area contributed by atoms with Gasteiger partial charge in [-0.3, -0.25) is 9.98 Å². The van der Waals surface area contributed by atoms with Crippen molar-refractivity contribution < 1.29 is 17.2 Å². The van der Waals surface area contributed by atoms with Crippen molar-refractivity contribution in [2.24, 2.45) is 10.7 Å². The Labute approximate surface area is 210 Å². The molecule has 2 N–H and O–H groups in total. The molecule has 0 aliphatic carbocycles. The molecule has 4 atom stereocenters. The minimum absolute atomic E-state index is 0.117. The number of hydrogen-bond donors (Lipinski definition) is 1. The Morgan fingerprint density at radius 2 is 1.86 bits per heavy atom. The van der Waals surface area contributed by atoms with Gasteiger partial charge in [-0.25, -0.2) is 12.8 Å². The Bertz CT molecular complexity index is 1450. The molecular formula is C23H21ClFN5O3S2. The normalized spacial score (nSPS) is 30.1. The van der Waals surface area contributed by atoms with Crippen LogP contribution in [0, 0.1) is 0 Å². The van der Waals surface area contributed by atoms with Crippen molar-refractivity contribution >= 4 is 43.9 Å². The lowest BCUT2D eigenvalue weighted by atomic mass is 9.95. The first kappa shape index (κ1) is 24.0. The second-order valence-electron chi connectivity index (χ2n) is 8.79. The third kappa shape index (κ3) is 3.95. The Balaban J connectivity index is 1.44. The van der Waals surface area contributed by atoms with Gasteiger partial charge in [0.15, 0.2) is 14.6 Å². The minimum atomic E-state index is -3.89. The Hall–Kier alpha value is -2.76. The molecule has 3 aromatic rings. The zero-order valence-corrected chi connectivity index (χ0v) is 21.1. The quantitative estimate of drug-likeness (QED) is 0.532. The maximum Gasteiger partial charge on any atom is 0.254 e. The summed E-state index contributed by atoms with van der Waals surface area (Å²) >= 11 is 7.04. The molecule has 0 saturated heterocycles. The monoisotopic (exact) mass is 533 g/mol. The van der Waals surface area contributed by atoms with E-state index in [9.17, 15) is 8.42 Å². The topological polar surface area (TPSA) is 124 Å². The van der Waals surface area contributed by atoms with Crippen LogP contribution in [0.4, 0.5) is 4.39 Å². The lowest BCUT2D eigenvalue weighted by Gasteiger charge is -2.42. The Morgan fingerprint density at radius 1 is 1.14 bits per heavy atom. The van der Waals surface area contributed by atoms with Crippen LogP contribution < -0.4 is 5.73 Å². The number of benzene rings is 1. The highest BCUT2D eigenvalue weighted by atomic mass is 35.5. The predicted octanol–water partition coefficient (Wildman–Crippen LogP) is 4.04. The molecule has 1 aromatic carbocycles. The van der Waals surface area contributed by atoms with Gasteiger partial charge in [-0.15, -0.1) is 22.0 Å². The molecule has 0 saturated carbocycles. The number of aromatic nitrogens is 3. The van der Waals surface area contributed by atoms with E-state index in [0.717, 1.165) is 11.8 Å². The van der Waals surface area contributed by atoms with Gasteiger partial charge in [0.05, 0.1) is 27.1 Å². The number of pyridine rings is 1. The molecule has 0 radical (unpaired) electrons. The summed E-state index contributed by atoms with van der Waals surface area (Å²) in [6.45, 7) is 3.08. The summed E-state index contributed by atoms with van der Waals surface area (Å²) in [7, 11) is -3.89. The lowest BCUT2D eigenvalue weighted by Crippen LogP contribution is -2.59. The van der Waals surface area contributed by atoms with E-state index >= 15 is 4.39 Å². The van der Waals surface area contributed by atoms with Crippen molar-refractivity contribution in [3.05, 3.63) is 71.3 Å². The third-order valence-electron chi connectivity index (χ3n) is 6.32. The van der Waals surface area contributed by atoms with Gasteiger partial charge in [-0.05, 0) is 56.3 Å². The van der Waals surface area contributed by atoms with E-state index in [1.54, 1.807) is 49.4 Å². The number of sulfone groups is 1. The fraction of sp³-hybridized carbons (Fsp3) is 0.304. The van der Waals surface area contributed by atoms with Crippen molar-refractivity contribution in [3.8, 4) is 11.5 Å². The van der Waals surface area contributed by atoms with Crippen molar-refractivity contribution in [2.45, 2.75) is 35.6 Å². The van der Waals surface area contributed by atoms with E-state index in [0.29, 0.717) is 15.5 Å². The fourth-order valence-corrected chi connectivity index (χ4v) is 7.88. The molecule has 5 rings (SSSR count). The second-order valence-corrected chi connectivity index (χ2v) is 12.7. The molecule has 4 heterocycles. The number of alkyl halides is 1. The molecule has 2 aliphatic heterocycles. The fourth-order valence-electron chi connectivity index (χ4n) is 4.28. The highest BCUT2D eigenvalue weighted by Gasteiger charge is 2.57. The molecule has 2 aliphatic rings. The number of allylic oxidation sites excluding steroid dienone is 1. The van der Waals surface area contributed by atoms with Gasteiger partial charge in [-0.1, -0.05) is 17.7 Å². The number of nitrogens with zero attached hydrogens (tertiary/aromatic N) is 4. The van der Waals surface area contributed by atoms with Gasteiger partial charge in [-0.2, -0.15) is 0 Å². The zero-order chi connectivity index (χ0) is 25.0. The van der Waals surface area contributed by atoms with Gasteiger partial charge in [0.1, 0.15) is 12.0 Å². The number of hydrogen-bond acceptors (Lipinski definition) is 9. The summed E-state index contributed by atoms with van der Waals surface area (Å²) in [6, 6.07) is 11.8. The molecule has 0 bridgehead atoms. The first-order chi connectivity index (χ1) is 16.5. The highest BCUT2D eigenvalue weighted by Crippen LogP contribution is 2.49. The molecule has 2 aromatic heterocycles. The van der Waals surface area contributed by atoms with E-state index < -0.39 is 37.3 Å². The first-order valence-corrected chi connectivity index (χ1v) is 13.6. The second kappa shape index (κ2) is 8.42. The molecule has 8 nitrogen and oxygen atoms in total. The Morgan fingerprint density at radius 3 is 2.51 bits per heavy atom. The van der Waals surface area contributed by atoms with E-state index in [2.05, 4.69) is 20.2 Å². The lowest BCUT2D eigenvalue weighted by molar-refractivity contribution is 0.325. The van der Waals surface area contributed by atoms with Gasteiger partial charge < -0.3 is 10.2 Å².